The second-order valence-electron chi connectivity index (χ2n) is 7.13. The number of aromatic carboxylic acids is 1. The minimum Gasteiger partial charge on any atom is -0.497 e. The maximum atomic E-state index is 12.6. The lowest BCUT2D eigenvalue weighted by molar-refractivity contribution is -0.112. The van der Waals surface area contributed by atoms with Crippen LogP contribution in [0.2, 0.25) is 0 Å². The predicted molar refractivity (Wildman–Crippen MR) is 129 cm³/mol. The van der Waals surface area contributed by atoms with E-state index < -0.39 is 22.0 Å². The normalized spacial score (nSPS) is 11.2. The fourth-order valence-electron chi connectivity index (χ4n) is 2.96. The van der Waals surface area contributed by atoms with E-state index in [0.717, 1.165) is 0 Å². The van der Waals surface area contributed by atoms with Crippen molar-refractivity contribution in [1.82, 2.24) is 0 Å². The smallest absolute Gasteiger partial charge is 0.339 e. The molecule has 2 N–H and O–H groups in total. The third-order valence-electron chi connectivity index (χ3n) is 4.80. The first-order chi connectivity index (χ1) is 17.2. The Bertz CT molecular complexity index is 1460. The number of nitriles is 1. The number of methoxy groups -OCH3 is 2. The van der Waals surface area contributed by atoms with Crippen LogP contribution in [0.4, 0.5) is 5.69 Å². The molecule has 0 unspecified atom stereocenters. The zero-order chi connectivity index (χ0) is 26.3. The van der Waals surface area contributed by atoms with Gasteiger partial charge in [-0.15, -0.1) is 0 Å². The largest absolute Gasteiger partial charge is 0.497 e. The van der Waals surface area contributed by atoms with Gasteiger partial charge in [-0.05, 0) is 72.3 Å². The number of benzene rings is 3. The van der Waals surface area contributed by atoms with E-state index in [0.29, 0.717) is 17.0 Å². The molecule has 1 amide bonds. The molecule has 0 saturated carbocycles. The molecular weight excluding hydrogens is 488 g/mol. The molecule has 0 bridgehead atoms. The highest BCUT2D eigenvalue weighted by Crippen LogP contribution is 2.32. The highest BCUT2D eigenvalue weighted by atomic mass is 32.2. The van der Waals surface area contributed by atoms with Crippen molar-refractivity contribution in [2.45, 2.75) is 4.90 Å². The van der Waals surface area contributed by atoms with Crippen molar-refractivity contribution in [3.63, 3.8) is 0 Å². The highest BCUT2D eigenvalue weighted by molar-refractivity contribution is 7.87. The summed E-state index contributed by atoms with van der Waals surface area (Å²) in [6.07, 6.45) is 1.28. The molecule has 0 aliphatic rings. The minimum absolute atomic E-state index is 0.0486. The molecule has 0 spiro atoms. The maximum Gasteiger partial charge on any atom is 0.339 e. The number of rotatable bonds is 9. The standard InChI is InChI=1S/C25H20N2O8S/c1-33-20-8-10-21(11-9-20)36(31,32)35-22-12-3-16(14-23(22)34-2)13-18(15-26)24(28)27-19-6-4-17(5-7-19)25(29)30/h3-14H,1-2H3,(H,27,28)(H,29,30). The molecule has 3 aromatic rings. The van der Waals surface area contributed by atoms with Gasteiger partial charge < -0.3 is 24.1 Å². The monoisotopic (exact) mass is 508 g/mol. The molecular formula is C25H20N2O8S. The van der Waals surface area contributed by atoms with Crippen molar-refractivity contribution >= 4 is 33.8 Å². The fraction of sp³-hybridized carbons (Fsp3) is 0.0800. The van der Waals surface area contributed by atoms with Gasteiger partial charge in [-0.1, -0.05) is 6.07 Å². The Morgan fingerprint density at radius 1 is 0.944 bits per heavy atom. The van der Waals surface area contributed by atoms with E-state index in [-0.39, 0.29) is 27.5 Å². The van der Waals surface area contributed by atoms with Gasteiger partial charge in [0.15, 0.2) is 11.5 Å². The minimum atomic E-state index is -4.17. The number of amides is 1. The van der Waals surface area contributed by atoms with Gasteiger partial charge in [0.05, 0.1) is 19.8 Å². The highest BCUT2D eigenvalue weighted by Gasteiger charge is 2.20. The lowest BCUT2D eigenvalue weighted by Crippen LogP contribution is -2.13. The zero-order valence-corrected chi connectivity index (χ0v) is 19.9. The van der Waals surface area contributed by atoms with Gasteiger partial charge in [-0.3, -0.25) is 4.79 Å². The molecule has 0 heterocycles. The Hall–Kier alpha value is -4.82. The van der Waals surface area contributed by atoms with Gasteiger partial charge in [0.25, 0.3) is 5.91 Å². The van der Waals surface area contributed by atoms with E-state index in [2.05, 4.69) is 5.32 Å². The number of ether oxygens (including phenoxy) is 2. The van der Waals surface area contributed by atoms with Crippen LogP contribution in [0.5, 0.6) is 17.2 Å². The molecule has 11 heteroatoms. The Morgan fingerprint density at radius 2 is 1.61 bits per heavy atom. The molecule has 0 saturated heterocycles. The molecule has 3 aromatic carbocycles. The van der Waals surface area contributed by atoms with Crippen LogP contribution in [0.15, 0.2) is 77.2 Å². The van der Waals surface area contributed by atoms with Gasteiger partial charge >= 0.3 is 16.1 Å². The summed E-state index contributed by atoms with van der Waals surface area (Å²) in [4.78, 5) is 23.4. The SMILES string of the molecule is COc1ccc(S(=O)(=O)Oc2ccc(C=C(C#N)C(=O)Nc3ccc(C(=O)O)cc3)cc2OC)cc1. The number of nitrogens with one attached hydrogen (secondary N) is 1. The molecule has 36 heavy (non-hydrogen) atoms. The van der Waals surface area contributed by atoms with Crippen molar-refractivity contribution in [3.8, 4) is 23.3 Å². The molecule has 10 nitrogen and oxygen atoms in total. The summed E-state index contributed by atoms with van der Waals surface area (Å²) in [5, 5.41) is 20.9. The quantitative estimate of drug-likeness (QED) is 0.250. The second kappa shape index (κ2) is 11.1. The summed E-state index contributed by atoms with van der Waals surface area (Å²) < 4.78 is 40.8. The third-order valence-corrected chi connectivity index (χ3v) is 6.05. The second-order valence-corrected chi connectivity index (χ2v) is 8.68. The fourth-order valence-corrected chi connectivity index (χ4v) is 3.90. The Balaban J connectivity index is 1.81. The number of carbonyl (C=O) groups is 2. The zero-order valence-electron chi connectivity index (χ0n) is 19.1. The lowest BCUT2D eigenvalue weighted by Gasteiger charge is -2.12. The van der Waals surface area contributed by atoms with Crippen molar-refractivity contribution < 1.29 is 36.8 Å². The van der Waals surface area contributed by atoms with Crippen molar-refractivity contribution in [2.75, 3.05) is 19.5 Å². The van der Waals surface area contributed by atoms with Crippen LogP contribution in [0, 0.1) is 11.3 Å². The average molecular weight is 509 g/mol. The van der Waals surface area contributed by atoms with Crippen molar-refractivity contribution in [3.05, 3.63) is 83.4 Å². The summed E-state index contributed by atoms with van der Waals surface area (Å²) >= 11 is 0. The van der Waals surface area contributed by atoms with E-state index in [1.54, 1.807) is 6.07 Å². The number of anilines is 1. The third kappa shape index (κ3) is 6.19. The van der Waals surface area contributed by atoms with Gasteiger partial charge in [-0.25, -0.2) is 4.79 Å². The first-order valence-electron chi connectivity index (χ1n) is 10.2. The van der Waals surface area contributed by atoms with Crippen LogP contribution in [0.3, 0.4) is 0 Å². The average Bonchev–Trinajstić information content (AvgIpc) is 2.88. The first kappa shape index (κ1) is 25.8. The van der Waals surface area contributed by atoms with Crippen LogP contribution < -0.4 is 19.0 Å². The van der Waals surface area contributed by atoms with Crippen molar-refractivity contribution in [2.24, 2.45) is 0 Å². The van der Waals surface area contributed by atoms with Gasteiger partial charge in [0.2, 0.25) is 0 Å². The van der Waals surface area contributed by atoms with E-state index >= 15 is 0 Å². The lowest BCUT2D eigenvalue weighted by atomic mass is 10.1. The molecule has 0 aliphatic heterocycles. The predicted octanol–water partition coefficient (Wildman–Crippen LogP) is 3.72. The van der Waals surface area contributed by atoms with E-state index in [1.807, 2.05) is 0 Å². The summed E-state index contributed by atoms with van der Waals surface area (Å²) in [6, 6.07) is 17.1. The molecule has 0 aliphatic carbocycles. The summed E-state index contributed by atoms with van der Waals surface area (Å²) in [5.41, 5.74) is 0.469. The number of hydrogen-bond acceptors (Lipinski definition) is 8. The van der Waals surface area contributed by atoms with Gasteiger partial charge in [-0.2, -0.15) is 13.7 Å². The first-order valence-corrected chi connectivity index (χ1v) is 11.6. The summed E-state index contributed by atoms with van der Waals surface area (Å²) in [7, 11) is -1.40. The Kier molecular flexibility index (Phi) is 7.93. The Morgan fingerprint density at radius 3 is 2.17 bits per heavy atom. The summed E-state index contributed by atoms with van der Waals surface area (Å²) in [5.74, 6) is -1.38. The van der Waals surface area contributed by atoms with E-state index in [1.165, 1.54) is 87.0 Å². The van der Waals surface area contributed by atoms with Crippen LogP contribution in [-0.2, 0) is 14.9 Å². The van der Waals surface area contributed by atoms with Crippen LogP contribution in [0.1, 0.15) is 15.9 Å². The van der Waals surface area contributed by atoms with Crippen LogP contribution in [0.25, 0.3) is 6.08 Å². The Labute approximate surface area is 207 Å². The molecule has 0 aromatic heterocycles. The van der Waals surface area contributed by atoms with Crippen LogP contribution >= 0.6 is 0 Å². The molecule has 0 atom stereocenters. The molecule has 0 fully saturated rings. The molecule has 184 valence electrons. The number of nitrogens with zero attached hydrogens (tertiary/aromatic N) is 1. The van der Waals surface area contributed by atoms with Gasteiger partial charge in [0, 0.05) is 5.69 Å². The topological polar surface area (TPSA) is 152 Å². The summed E-state index contributed by atoms with van der Waals surface area (Å²) in [6.45, 7) is 0. The number of carboxylic acid groups (broad SMARTS) is 1. The maximum absolute atomic E-state index is 12.6. The molecule has 0 radical (unpaired) electrons. The number of carbonyl (C=O) groups excluding carboxylic acids is 1. The van der Waals surface area contributed by atoms with Crippen LogP contribution in [-0.4, -0.2) is 39.6 Å². The van der Waals surface area contributed by atoms with Gasteiger partial charge in [0.1, 0.15) is 22.3 Å². The number of carboxylic acids is 1. The molecule has 3 rings (SSSR count). The van der Waals surface area contributed by atoms with Crippen molar-refractivity contribution in [1.29, 1.82) is 5.26 Å². The van der Waals surface area contributed by atoms with E-state index in [4.69, 9.17) is 18.8 Å². The van der Waals surface area contributed by atoms with E-state index in [9.17, 15) is 23.3 Å². The number of hydrogen-bond donors (Lipinski definition) is 2.